The van der Waals surface area contributed by atoms with Crippen LogP contribution in [0.3, 0.4) is 0 Å². The molecular weight excluding hydrogens is 253 g/mol. The molecule has 0 saturated heterocycles. The van der Waals surface area contributed by atoms with Crippen molar-refractivity contribution in [2.24, 2.45) is 0 Å². The highest BCUT2D eigenvalue weighted by Crippen LogP contribution is 2.27. The molecule has 2 aromatic rings. The van der Waals surface area contributed by atoms with Crippen LogP contribution in [0.25, 0.3) is 0 Å². The van der Waals surface area contributed by atoms with Crippen molar-refractivity contribution >= 4 is 11.5 Å². The Balaban J connectivity index is 2.24. The number of hydrogen-bond donors (Lipinski definition) is 1. The van der Waals surface area contributed by atoms with Gasteiger partial charge < -0.3 is 10.2 Å². The van der Waals surface area contributed by atoms with E-state index in [1.165, 1.54) is 12.1 Å². The number of nitrogens with zero attached hydrogens (tertiary/aromatic N) is 2. The topological polar surface area (TPSA) is 28.2 Å². The molecule has 0 fully saturated rings. The van der Waals surface area contributed by atoms with E-state index >= 15 is 0 Å². The van der Waals surface area contributed by atoms with Gasteiger partial charge in [0.05, 0.1) is 11.7 Å². The quantitative estimate of drug-likeness (QED) is 0.897. The number of anilines is 2. The van der Waals surface area contributed by atoms with Gasteiger partial charge in [-0.25, -0.2) is 9.37 Å². The van der Waals surface area contributed by atoms with Gasteiger partial charge in [-0.1, -0.05) is 19.1 Å². The van der Waals surface area contributed by atoms with Gasteiger partial charge in [0.1, 0.15) is 5.82 Å². The molecule has 0 bridgehead atoms. The number of nitrogens with one attached hydrogen (secondary N) is 1. The maximum atomic E-state index is 13.0. The summed E-state index contributed by atoms with van der Waals surface area (Å²) in [5.74, 6) is 0.687. The normalized spacial score (nSPS) is 12.0. The molecule has 1 aromatic heterocycles. The predicted molar refractivity (Wildman–Crippen MR) is 81.6 cm³/mol. The molecule has 0 radical (unpaired) electrons. The number of halogens is 1. The van der Waals surface area contributed by atoms with Crippen molar-refractivity contribution in [3.8, 4) is 0 Å². The van der Waals surface area contributed by atoms with E-state index in [-0.39, 0.29) is 11.9 Å². The maximum absolute atomic E-state index is 13.0. The molecule has 0 aliphatic carbocycles. The van der Waals surface area contributed by atoms with Crippen LogP contribution in [-0.2, 0) is 0 Å². The third kappa shape index (κ3) is 3.26. The van der Waals surface area contributed by atoms with Crippen molar-refractivity contribution < 1.29 is 4.39 Å². The molecule has 1 aromatic carbocycles. The van der Waals surface area contributed by atoms with E-state index in [2.05, 4.69) is 17.2 Å². The monoisotopic (exact) mass is 273 g/mol. The molecule has 1 heterocycles. The van der Waals surface area contributed by atoms with Gasteiger partial charge in [0.15, 0.2) is 5.82 Å². The molecule has 0 spiro atoms. The summed E-state index contributed by atoms with van der Waals surface area (Å²) in [6, 6.07) is 10.7. The lowest BCUT2D eigenvalue weighted by atomic mass is 10.0. The zero-order chi connectivity index (χ0) is 14.5. The highest BCUT2D eigenvalue weighted by molar-refractivity contribution is 5.65. The second kappa shape index (κ2) is 6.37. The predicted octanol–water partition coefficient (Wildman–Crippen LogP) is 3.85. The minimum absolute atomic E-state index is 0.137. The van der Waals surface area contributed by atoms with Crippen LogP contribution in [0, 0.1) is 5.82 Å². The number of rotatable bonds is 5. The van der Waals surface area contributed by atoms with Gasteiger partial charge in [-0.3, -0.25) is 0 Å². The molecule has 20 heavy (non-hydrogen) atoms. The van der Waals surface area contributed by atoms with Crippen LogP contribution in [0.15, 0.2) is 42.6 Å². The van der Waals surface area contributed by atoms with Crippen LogP contribution in [0.4, 0.5) is 15.9 Å². The van der Waals surface area contributed by atoms with Crippen molar-refractivity contribution in [1.82, 2.24) is 4.98 Å². The summed E-state index contributed by atoms with van der Waals surface area (Å²) < 4.78 is 13.0. The van der Waals surface area contributed by atoms with Crippen LogP contribution in [-0.4, -0.2) is 19.1 Å². The Morgan fingerprint density at radius 2 is 1.90 bits per heavy atom. The van der Waals surface area contributed by atoms with Crippen LogP contribution in [0.1, 0.15) is 24.9 Å². The molecule has 0 amide bonds. The number of aromatic nitrogens is 1. The van der Waals surface area contributed by atoms with E-state index in [0.717, 1.165) is 23.5 Å². The maximum Gasteiger partial charge on any atom is 0.151 e. The molecule has 0 aliphatic rings. The summed E-state index contributed by atoms with van der Waals surface area (Å²) >= 11 is 0. The molecule has 0 saturated carbocycles. The highest BCUT2D eigenvalue weighted by atomic mass is 19.1. The number of pyridine rings is 1. The Labute approximate surface area is 119 Å². The standard InChI is InChI=1S/C16H20FN3/c1-4-14(12-7-9-13(17)10-8-12)19-15-6-5-11-18-16(15)20(2)3/h5-11,14,19H,4H2,1-3H3. The van der Waals surface area contributed by atoms with Crippen molar-refractivity contribution in [1.29, 1.82) is 0 Å². The lowest BCUT2D eigenvalue weighted by Gasteiger charge is -2.22. The SMILES string of the molecule is CCC(Nc1cccnc1N(C)C)c1ccc(F)cc1. The first-order chi connectivity index (χ1) is 9.61. The van der Waals surface area contributed by atoms with Crippen molar-refractivity contribution in [2.45, 2.75) is 19.4 Å². The van der Waals surface area contributed by atoms with Gasteiger partial charge in [0.2, 0.25) is 0 Å². The van der Waals surface area contributed by atoms with Crippen LogP contribution < -0.4 is 10.2 Å². The van der Waals surface area contributed by atoms with Gasteiger partial charge in [-0.05, 0) is 36.2 Å². The van der Waals surface area contributed by atoms with E-state index in [1.54, 1.807) is 6.20 Å². The van der Waals surface area contributed by atoms with Gasteiger partial charge in [0, 0.05) is 20.3 Å². The zero-order valence-corrected chi connectivity index (χ0v) is 12.1. The van der Waals surface area contributed by atoms with Crippen LogP contribution >= 0.6 is 0 Å². The second-order valence-electron chi connectivity index (χ2n) is 4.93. The van der Waals surface area contributed by atoms with E-state index in [1.807, 2.05) is 43.3 Å². The molecule has 106 valence electrons. The highest BCUT2D eigenvalue weighted by Gasteiger charge is 2.12. The third-order valence-corrected chi connectivity index (χ3v) is 3.22. The Morgan fingerprint density at radius 1 is 1.20 bits per heavy atom. The summed E-state index contributed by atoms with van der Waals surface area (Å²) in [7, 11) is 3.93. The van der Waals surface area contributed by atoms with E-state index in [9.17, 15) is 4.39 Å². The molecular formula is C16H20FN3. The van der Waals surface area contributed by atoms with E-state index in [0.29, 0.717) is 0 Å². The first-order valence-electron chi connectivity index (χ1n) is 6.76. The Bertz CT molecular complexity index is 552. The Morgan fingerprint density at radius 3 is 2.50 bits per heavy atom. The fourth-order valence-corrected chi connectivity index (χ4v) is 2.17. The Kier molecular flexibility index (Phi) is 4.56. The largest absolute Gasteiger partial charge is 0.375 e. The van der Waals surface area contributed by atoms with Crippen molar-refractivity contribution in [3.05, 3.63) is 54.0 Å². The molecule has 2 rings (SSSR count). The molecule has 0 aliphatic heterocycles. The van der Waals surface area contributed by atoms with Crippen molar-refractivity contribution in [3.63, 3.8) is 0 Å². The van der Waals surface area contributed by atoms with Crippen LogP contribution in [0.5, 0.6) is 0 Å². The second-order valence-corrected chi connectivity index (χ2v) is 4.93. The first-order valence-corrected chi connectivity index (χ1v) is 6.76. The number of benzene rings is 1. The summed E-state index contributed by atoms with van der Waals surface area (Å²) in [6.07, 6.45) is 2.69. The Hall–Kier alpha value is -2.10. The van der Waals surface area contributed by atoms with Gasteiger partial charge in [-0.2, -0.15) is 0 Å². The summed E-state index contributed by atoms with van der Waals surface area (Å²) in [5.41, 5.74) is 2.05. The summed E-state index contributed by atoms with van der Waals surface area (Å²) in [6.45, 7) is 2.10. The smallest absolute Gasteiger partial charge is 0.151 e. The third-order valence-electron chi connectivity index (χ3n) is 3.22. The van der Waals surface area contributed by atoms with Gasteiger partial charge in [-0.15, -0.1) is 0 Å². The average Bonchev–Trinajstić information content (AvgIpc) is 2.46. The lowest BCUT2D eigenvalue weighted by molar-refractivity contribution is 0.625. The molecule has 4 heteroatoms. The fourth-order valence-electron chi connectivity index (χ4n) is 2.17. The van der Waals surface area contributed by atoms with Gasteiger partial charge >= 0.3 is 0 Å². The van der Waals surface area contributed by atoms with Crippen molar-refractivity contribution in [2.75, 3.05) is 24.3 Å². The molecule has 1 unspecified atom stereocenters. The molecule has 3 nitrogen and oxygen atoms in total. The van der Waals surface area contributed by atoms with Crippen LogP contribution in [0.2, 0.25) is 0 Å². The zero-order valence-electron chi connectivity index (χ0n) is 12.1. The van der Waals surface area contributed by atoms with Gasteiger partial charge in [0.25, 0.3) is 0 Å². The minimum atomic E-state index is -0.209. The molecule has 1 N–H and O–H groups in total. The van der Waals surface area contributed by atoms with E-state index in [4.69, 9.17) is 0 Å². The summed E-state index contributed by atoms with van der Waals surface area (Å²) in [4.78, 5) is 6.35. The first kappa shape index (κ1) is 14.3. The average molecular weight is 273 g/mol. The molecule has 1 atom stereocenters. The minimum Gasteiger partial charge on any atom is -0.375 e. The number of hydrogen-bond acceptors (Lipinski definition) is 3. The van der Waals surface area contributed by atoms with E-state index < -0.39 is 0 Å². The summed E-state index contributed by atoms with van der Waals surface area (Å²) in [5, 5.41) is 3.49. The fraction of sp³-hybridized carbons (Fsp3) is 0.312. The lowest BCUT2D eigenvalue weighted by Crippen LogP contribution is -2.16.